The van der Waals surface area contributed by atoms with Crippen LogP contribution in [0.25, 0.3) is 0 Å². The third-order valence-electron chi connectivity index (χ3n) is 1.79. The number of alkyl halides is 3. The number of rotatable bonds is 4. The second-order valence-electron chi connectivity index (χ2n) is 3.40. The molecule has 0 amide bonds. The van der Waals surface area contributed by atoms with Crippen LogP contribution in [0.15, 0.2) is 10.7 Å². The molecular weight excluding hydrogens is 303 g/mol. The zero-order chi connectivity index (χ0) is 13.1. The number of nitrogen functional groups attached to an aromatic ring is 1. The molecule has 0 bridgehead atoms. The van der Waals surface area contributed by atoms with Gasteiger partial charge in [-0.2, -0.15) is 18.2 Å². The van der Waals surface area contributed by atoms with Crippen molar-refractivity contribution >= 4 is 27.7 Å². The smallest absolute Gasteiger partial charge is 0.366 e. The number of aromatic nitrogens is 2. The summed E-state index contributed by atoms with van der Waals surface area (Å²) in [7, 11) is 0. The lowest BCUT2D eigenvalue weighted by molar-refractivity contribution is -0.136. The number of hydrogen-bond donors (Lipinski definition) is 3. The van der Waals surface area contributed by atoms with E-state index in [1.54, 1.807) is 0 Å². The molecule has 1 rings (SSSR count). The van der Waals surface area contributed by atoms with E-state index in [9.17, 15) is 13.2 Å². The number of nitrogens with zero attached hydrogens (tertiary/aromatic N) is 2. The largest absolute Gasteiger partial charge is 0.391 e. The summed E-state index contributed by atoms with van der Waals surface area (Å²) >= 11 is 3.13. The highest BCUT2D eigenvalue weighted by Crippen LogP contribution is 2.25. The van der Waals surface area contributed by atoms with Gasteiger partial charge in [0, 0.05) is 12.2 Å². The molecule has 17 heavy (non-hydrogen) atoms. The SMILES string of the molecule is CC(CC(F)(F)F)Nc1nc(NN)ncc1Br. The Morgan fingerprint density at radius 1 is 1.53 bits per heavy atom. The Morgan fingerprint density at radius 3 is 2.71 bits per heavy atom. The highest BCUT2D eigenvalue weighted by Gasteiger charge is 2.30. The van der Waals surface area contributed by atoms with E-state index in [4.69, 9.17) is 5.84 Å². The van der Waals surface area contributed by atoms with Crippen LogP contribution in [-0.4, -0.2) is 22.2 Å². The standard InChI is InChI=1S/C8H11BrF3N5/c1-4(2-8(10,11)12)15-6-5(9)3-14-7(16-6)17-13/h3-4H,2,13H2,1H3,(H2,14,15,16,17). The molecule has 96 valence electrons. The van der Waals surface area contributed by atoms with Crippen LogP contribution >= 0.6 is 15.9 Å². The first-order valence-electron chi connectivity index (χ1n) is 4.64. The van der Waals surface area contributed by atoms with Gasteiger partial charge in [0.25, 0.3) is 0 Å². The van der Waals surface area contributed by atoms with Crippen molar-refractivity contribution in [3.8, 4) is 0 Å². The third kappa shape index (κ3) is 4.73. The lowest BCUT2D eigenvalue weighted by atomic mass is 10.2. The lowest BCUT2D eigenvalue weighted by Gasteiger charge is -2.17. The predicted octanol–water partition coefficient (Wildman–Crippen LogP) is 2.28. The predicted molar refractivity (Wildman–Crippen MR) is 61.3 cm³/mol. The van der Waals surface area contributed by atoms with Gasteiger partial charge in [-0.1, -0.05) is 0 Å². The zero-order valence-electron chi connectivity index (χ0n) is 8.85. The second-order valence-corrected chi connectivity index (χ2v) is 4.25. The van der Waals surface area contributed by atoms with Crippen molar-refractivity contribution in [3.63, 3.8) is 0 Å². The fraction of sp³-hybridized carbons (Fsp3) is 0.500. The summed E-state index contributed by atoms with van der Waals surface area (Å²) in [6, 6.07) is -0.799. The van der Waals surface area contributed by atoms with Crippen molar-refractivity contribution in [2.24, 2.45) is 5.84 Å². The molecule has 1 heterocycles. The summed E-state index contributed by atoms with van der Waals surface area (Å²) in [5, 5.41) is 2.63. The van der Waals surface area contributed by atoms with Gasteiger partial charge in [0.15, 0.2) is 0 Å². The fourth-order valence-electron chi connectivity index (χ4n) is 1.17. The number of hydrogen-bond acceptors (Lipinski definition) is 5. The number of halogens is 4. The summed E-state index contributed by atoms with van der Waals surface area (Å²) in [5.74, 6) is 5.48. The first-order chi connectivity index (χ1) is 7.81. The van der Waals surface area contributed by atoms with Crippen molar-refractivity contribution < 1.29 is 13.2 Å². The van der Waals surface area contributed by atoms with E-state index >= 15 is 0 Å². The molecule has 5 nitrogen and oxygen atoms in total. The topological polar surface area (TPSA) is 75.9 Å². The Hall–Kier alpha value is -1.09. The first kappa shape index (κ1) is 14.0. The minimum Gasteiger partial charge on any atom is -0.366 e. The van der Waals surface area contributed by atoms with Gasteiger partial charge < -0.3 is 5.32 Å². The number of hydrazine groups is 1. The van der Waals surface area contributed by atoms with Crippen LogP contribution in [-0.2, 0) is 0 Å². The van der Waals surface area contributed by atoms with Crippen molar-refractivity contribution in [2.45, 2.75) is 25.6 Å². The van der Waals surface area contributed by atoms with E-state index in [2.05, 4.69) is 36.6 Å². The Labute approximate surface area is 104 Å². The maximum absolute atomic E-state index is 12.1. The monoisotopic (exact) mass is 313 g/mol. The summed E-state index contributed by atoms with van der Waals surface area (Å²) in [5.41, 5.74) is 2.21. The van der Waals surface area contributed by atoms with E-state index in [0.29, 0.717) is 4.47 Å². The normalized spacial score (nSPS) is 13.3. The Bertz CT molecular complexity index is 384. The van der Waals surface area contributed by atoms with Crippen molar-refractivity contribution in [1.29, 1.82) is 0 Å². The Morgan fingerprint density at radius 2 is 2.18 bits per heavy atom. The molecule has 1 atom stereocenters. The molecule has 1 unspecified atom stereocenters. The van der Waals surface area contributed by atoms with E-state index in [0.717, 1.165) is 0 Å². The summed E-state index contributed by atoms with van der Waals surface area (Å²) in [4.78, 5) is 7.67. The van der Waals surface area contributed by atoms with Gasteiger partial charge in [0.2, 0.25) is 5.95 Å². The van der Waals surface area contributed by atoms with Crippen LogP contribution in [0.3, 0.4) is 0 Å². The Kier molecular flexibility index (Phi) is 4.52. The van der Waals surface area contributed by atoms with Gasteiger partial charge in [-0.25, -0.2) is 10.8 Å². The molecular formula is C8H11BrF3N5. The average molecular weight is 314 g/mol. The molecule has 0 radical (unpaired) electrons. The van der Waals surface area contributed by atoms with E-state index in [1.807, 2.05) is 0 Å². The molecule has 4 N–H and O–H groups in total. The highest BCUT2D eigenvalue weighted by molar-refractivity contribution is 9.10. The number of anilines is 2. The molecule has 0 aliphatic heterocycles. The molecule has 0 spiro atoms. The molecule has 0 aliphatic rings. The van der Waals surface area contributed by atoms with Crippen molar-refractivity contribution in [2.75, 3.05) is 10.7 Å². The number of nitrogens with one attached hydrogen (secondary N) is 2. The molecule has 1 aromatic heterocycles. The van der Waals surface area contributed by atoms with E-state index < -0.39 is 18.6 Å². The van der Waals surface area contributed by atoms with Gasteiger partial charge in [-0.3, -0.25) is 5.43 Å². The van der Waals surface area contributed by atoms with Crippen LogP contribution in [0.2, 0.25) is 0 Å². The fourth-order valence-corrected chi connectivity index (χ4v) is 1.47. The first-order valence-corrected chi connectivity index (χ1v) is 5.43. The van der Waals surface area contributed by atoms with Crippen molar-refractivity contribution in [1.82, 2.24) is 9.97 Å². The summed E-state index contributed by atoms with van der Waals surface area (Å²) in [6.45, 7) is 1.41. The maximum Gasteiger partial charge on any atom is 0.391 e. The Balaban J connectivity index is 2.73. The zero-order valence-corrected chi connectivity index (χ0v) is 10.4. The van der Waals surface area contributed by atoms with Crippen LogP contribution in [0.4, 0.5) is 24.9 Å². The minimum absolute atomic E-state index is 0.120. The molecule has 0 saturated heterocycles. The molecule has 0 aliphatic carbocycles. The van der Waals surface area contributed by atoms with Gasteiger partial charge >= 0.3 is 6.18 Å². The second kappa shape index (κ2) is 5.50. The molecule has 1 aromatic rings. The van der Waals surface area contributed by atoms with Crippen LogP contribution in [0, 0.1) is 0 Å². The molecule has 0 saturated carbocycles. The van der Waals surface area contributed by atoms with Gasteiger partial charge in [-0.15, -0.1) is 0 Å². The van der Waals surface area contributed by atoms with Crippen LogP contribution < -0.4 is 16.6 Å². The maximum atomic E-state index is 12.1. The average Bonchev–Trinajstić information content (AvgIpc) is 2.18. The van der Waals surface area contributed by atoms with E-state index in [1.165, 1.54) is 13.1 Å². The lowest BCUT2D eigenvalue weighted by Crippen LogP contribution is -2.25. The van der Waals surface area contributed by atoms with Crippen LogP contribution in [0.1, 0.15) is 13.3 Å². The van der Waals surface area contributed by atoms with Crippen LogP contribution in [0.5, 0.6) is 0 Å². The molecule has 0 aromatic carbocycles. The minimum atomic E-state index is -4.22. The van der Waals surface area contributed by atoms with Gasteiger partial charge in [0.05, 0.1) is 10.9 Å². The number of nitrogens with two attached hydrogens (primary N) is 1. The quantitative estimate of drug-likeness (QED) is 0.587. The highest BCUT2D eigenvalue weighted by atomic mass is 79.9. The molecule has 9 heteroatoms. The van der Waals surface area contributed by atoms with E-state index in [-0.39, 0.29) is 11.8 Å². The summed E-state index contributed by atoms with van der Waals surface area (Å²) in [6.07, 6.45) is -3.78. The summed E-state index contributed by atoms with van der Waals surface area (Å²) < 4.78 is 36.9. The van der Waals surface area contributed by atoms with Gasteiger partial charge in [0.1, 0.15) is 5.82 Å². The third-order valence-corrected chi connectivity index (χ3v) is 2.37. The van der Waals surface area contributed by atoms with Gasteiger partial charge in [-0.05, 0) is 22.9 Å². The molecule has 0 fully saturated rings. The van der Waals surface area contributed by atoms with Crippen molar-refractivity contribution in [3.05, 3.63) is 10.7 Å².